The fourth-order valence-corrected chi connectivity index (χ4v) is 7.81. The average Bonchev–Trinajstić information content (AvgIpc) is 2.52. The summed E-state index contributed by atoms with van der Waals surface area (Å²) in [5.74, 6) is 5.10. The first-order chi connectivity index (χ1) is 11.4. The Hall–Kier alpha value is -0.370. The minimum Gasteiger partial charge on any atom is -0.390 e. The molecule has 4 aliphatic carbocycles. The molecule has 2 nitrogen and oxygen atoms in total. The lowest BCUT2D eigenvalue weighted by atomic mass is 9.46. The van der Waals surface area contributed by atoms with E-state index in [-0.39, 0.29) is 0 Å². The molecule has 0 radical (unpaired) electrons. The predicted molar refractivity (Wildman–Crippen MR) is 96.5 cm³/mol. The first-order valence-corrected chi connectivity index (χ1v) is 10.6. The van der Waals surface area contributed by atoms with Gasteiger partial charge in [-0.05, 0) is 112 Å². The second kappa shape index (κ2) is 6.11. The Balaban J connectivity index is 1.49. The third-order valence-electron chi connectivity index (χ3n) is 8.83. The van der Waals surface area contributed by atoms with Gasteiger partial charge in [0.15, 0.2) is 0 Å². The van der Waals surface area contributed by atoms with Crippen LogP contribution in [-0.4, -0.2) is 17.0 Å². The summed E-state index contributed by atoms with van der Waals surface area (Å²) in [6.45, 7) is 4.60. The third-order valence-corrected chi connectivity index (χ3v) is 8.83. The van der Waals surface area contributed by atoms with Crippen LogP contribution in [0.1, 0.15) is 84.5 Å². The zero-order valence-corrected chi connectivity index (χ0v) is 15.7. The highest BCUT2D eigenvalue weighted by Crippen LogP contribution is 2.62. The third kappa shape index (κ3) is 2.87. The Morgan fingerprint density at radius 1 is 0.917 bits per heavy atom. The van der Waals surface area contributed by atoms with Gasteiger partial charge in [0.2, 0.25) is 0 Å². The van der Waals surface area contributed by atoms with Gasteiger partial charge in [-0.1, -0.05) is 6.92 Å². The SMILES string of the molecule is C[C@@]1(O)CC[C@H]2[C@H](CC[C@@H]3[C@@H]2CC[C@@]2(C)CC(CC=O)CC[C@@H]32)C1. The van der Waals surface area contributed by atoms with Crippen LogP contribution < -0.4 is 0 Å². The summed E-state index contributed by atoms with van der Waals surface area (Å²) in [6, 6.07) is 0. The molecule has 8 atom stereocenters. The Kier molecular flexibility index (Phi) is 4.34. The molecule has 4 saturated carbocycles. The molecule has 0 heterocycles. The molecule has 0 bridgehead atoms. The van der Waals surface area contributed by atoms with E-state index in [0.717, 1.165) is 55.1 Å². The van der Waals surface area contributed by atoms with Crippen molar-refractivity contribution in [3.8, 4) is 0 Å². The van der Waals surface area contributed by atoms with Crippen LogP contribution >= 0.6 is 0 Å². The first kappa shape index (κ1) is 17.1. The van der Waals surface area contributed by atoms with E-state index >= 15 is 0 Å². The van der Waals surface area contributed by atoms with Crippen molar-refractivity contribution in [3.63, 3.8) is 0 Å². The van der Waals surface area contributed by atoms with Crippen molar-refractivity contribution in [2.75, 3.05) is 0 Å². The molecule has 0 aromatic carbocycles. The largest absolute Gasteiger partial charge is 0.390 e. The molecule has 0 aliphatic heterocycles. The monoisotopic (exact) mass is 332 g/mol. The topological polar surface area (TPSA) is 37.3 Å². The summed E-state index contributed by atoms with van der Waals surface area (Å²) in [4.78, 5) is 11.0. The van der Waals surface area contributed by atoms with E-state index in [4.69, 9.17) is 0 Å². The van der Waals surface area contributed by atoms with Gasteiger partial charge in [-0.25, -0.2) is 0 Å². The molecule has 1 N–H and O–H groups in total. The number of hydrogen-bond donors (Lipinski definition) is 1. The highest BCUT2D eigenvalue weighted by Gasteiger charge is 2.54. The van der Waals surface area contributed by atoms with Crippen molar-refractivity contribution in [2.45, 2.75) is 90.1 Å². The van der Waals surface area contributed by atoms with Crippen molar-refractivity contribution in [1.29, 1.82) is 0 Å². The summed E-state index contributed by atoms with van der Waals surface area (Å²) in [7, 11) is 0. The van der Waals surface area contributed by atoms with Gasteiger partial charge in [0.25, 0.3) is 0 Å². The maximum Gasteiger partial charge on any atom is 0.120 e. The molecule has 4 aliphatic rings. The number of rotatable bonds is 2. The summed E-state index contributed by atoms with van der Waals surface area (Å²) >= 11 is 0. The molecule has 2 heteroatoms. The van der Waals surface area contributed by atoms with Crippen LogP contribution in [-0.2, 0) is 4.79 Å². The summed E-state index contributed by atoms with van der Waals surface area (Å²) in [5, 5.41) is 10.5. The van der Waals surface area contributed by atoms with Crippen LogP contribution in [0.25, 0.3) is 0 Å². The van der Waals surface area contributed by atoms with Gasteiger partial charge in [-0.15, -0.1) is 0 Å². The number of fused-ring (bicyclic) bond motifs is 5. The normalized spacial score (nSPS) is 54.3. The van der Waals surface area contributed by atoms with E-state index in [9.17, 15) is 9.90 Å². The summed E-state index contributed by atoms with van der Waals surface area (Å²) < 4.78 is 0. The van der Waals surface area contributed by atoms with Gasteiger partial charge in [0.05, 0.1) is 5.60 Å². The molecule has 24 heavy (non-hydrogen) atoms. The van der Waals surface area contributed by atoms with Crippen LogP contribution in [0.2, 0.25) is 0 Å². The van der Waals surface area contributed by atoms with Crippen molar-refractivity contribution in [1.82, 2.24) is 0 Å². The van der Waals surface area contributed by atoms with Crippen molar-refractivity contribution < 1.29 is 9.90 Å². The molecule has 0 spiro atoms. The van der Waals surface area contributed by atoms with Crippen molar-refractivity contribution in [2.24, 2.45) is 40.9 Å². The fourth-order valence-electron chi connectivity index (χ4n) is 7.81. The molecule has 4 fully saturated rings. The van der Waals surface area contributed by atoms with Crippen LogP contribution in [0, 0.1) is 40.9 Å². The smallest absolute Gasteiger partial charge is 0.120 e. The van der Waals surface area contributed by atoms with E-state index in [1.165, 1.54) is 51.4 Å². The fraction of sp³-hybridized carbons (Fsp3) is 0.955. The maximum absolute atomic E-state index is 11.0. The Bertz CT molecular complexity index is 484. The average molecular weight is 333 g/mol. The second-order valence-corrected chi connectivity index (χ2v) is 10.4. The zero-order valence-electron chi connectivity index (χ0n) is 15.7. The number of aldehydes is 1. The van der Waals surface area contributed by atoms with Crippen LogP contribution in [0.5, 0.6) is 0 Å². The van der Waals surface area contributed by atoms with Gasteiger partial charge in [0, 0.05) is 6.42 Å². The molecular formula is C22H36O2. The molecule has 4 rings (SSSR count). The standard InChI is InChI=1S/C22H36O2/c1-21-10-7-18-17-8-11-22(2,24)14-16(17)4-5-19(18)20(21)6-3-15(13-21)9-12-23/h12,15-20,24H,3-11,13-14H2,1-2H3/t15?,16-,17+,18-,19-,20+,21+,22-/m1/s1. The molecule has 1 unspecified atom stereocenters. The highest BCUT2D eigenvalue weighted by molar-refractivity contribution is 5.49. The number of hydrogen-bond acceptors (Lipinski definition) is 2. The zero-order chi connectivity index (χ0) is 16.9. The van der Waals surface area contributed by atoms with E-state index in [1.54, 1.807) is 0 Å². The van der Waals surface area contributed by atoms with Crippen LogP contribution in [0.4, 0.5) is 0 Å². The lowest BCUT2D eigenvalue weighted by Crippen LogP contribution is -2.52. The van der Waals surface area contributed by atoms with Gasteiger partial charge in [0.1, 0.15) is 6.29 Å². The molecule has 0 saturated heterocycles. The van der Waals surface area contributed by atoms with Gasteiger partial charge in [-0.2, -0.15) is 0 Å². The van der Waals surface area contributed by atoms with E-state index < -0.39 is 5.60 Å². The minimum atomic E-state index is -0.399. The molecule has 0 aromatic rings. The minimum absolute atomic E-state index is 0.399. The van der Waals surface area contributed by atoms with Gasteiger partial charge >= 0.3 is 0 Å². The lowest BCUT2D eigenvalue weighted by molar-refractivity contribution is -0.120. The Morgan fingerprint density at radius 2 is 1.71 bits per heavy atom. The molecular weight excluding hydrogens is 296 g/mol. The predicted octanol–water partition coefficient (Wildman–Crippen LogP) is 4.99. The number of carbonyl (C=O) groups is 1. The van der Waals surface area contributed by atoms with Crippen LogP contribution in [0.15, 0.2) is 0 Å². The molecule has 0 amide bonds. The van der Waals surface area contributed by atoms with Crippen molar-refractivity contribution in [3.05, 3.63) is 0 Å². The number of aliphatic hydroxyl groups is 1. The Labute approximate surface area is 147 Å². The number of carbonyl (C=O) groups excluding carboxylic acids is 1. The van der Waals surface area contributed by atoms with Gasteiger partial charge < -0.3 is 9.90 Å². The molecule has 136 valence electrons. The van der Waals surface area contributed by atoms with E-state index in [1.807, 2.05) is 0 Å². The van der Waals surface area contributed by atoms with Crippen molar-refractivity contribution >= 4 is 6.29 Å². The Morgan fingerprint density at radius 3 is 2.50 bits per heavy atom. The van der Waals surface area contributed by atoms with Crippen LogP contribution in [0.3, 0.4) is 0 Å². The summed E-state index contributed by atoms with van der Waals surface area (Å²) in [6.07, 6.45) is 14.8. The van der Waals surface area contributed by atoms with E-state index in [0.29, 0.717) is 11.3 Å². The molecule has 0 aromatic heterocycles. The second-order valence-electron chi connectivity index (χ2n) is 10.4. The highest BCUT2D eigenvalue weighted by atomic mass is 16.3. The van der Waals surface area contributed by atoms with E-state index in [2.05, 4.69) is 13.8 Å². The van der Waals surface area contributed by atoms with Gasteiger partial charge in [-0.3, -0.25) is 0 Å². The summed E-state index contributed by atoms with van der Waals surface area (Å²) in [5.41, 5.74) is 0.101. The lowest BCUT2D eigenvalue weighted by Gasteiger charge is -2.59. The maximum atomic E-state index is 11.0. The first-order valence-electron chi connectivity index (χ1n) is 10.6. The quantitative estimate of drug-likeness (QED) is 0.724.